The molecule has 0 saturated heterocycles. The quantitative estimate of drug-likeness (QED) is 0.710. The zero-order valence-corrected chi connectivity index (χ0v) is 16.2. The molecule has 0 aliphatic rings. The van der Waals surface area contributed by atoms with Gasteiger partial charge in [-0.25, -0.2) is 9.67 Å². The molecule has 1 N–H and O–H groups in total. The van der Waals surface area contributed by atoms with E-state index in [1.165, 1.54) is 6.33 Å². The average molecular weight is 368 g/mol. The summed E-state index contributed by atoms with van der Waals surface area (Å²) in [6.45, 7) is 2.00. The Bertz CT molecular complexity index is 942. The minimum absolute atomic E-state index is 0.171. The lowest BCUT2D eigenvalue weighted by molar-refractivity contribution is 0.0933. The van der Waals surface area contributed by atoms with Crippen LogP contribution in [0.5, 0.6) is 0 Å². The Morgan fingerprint density at radius 2 is 2.04 bits per heavy atom. The van der Waals surface area contributed by atoms with Gasteiger partial charge in [0.1, 0.15) is 12.2 Å². The number of hydrogen-bond acceptors (Lipinski definition) is 6. The number of rotatable bonds is 6. The van der Waals surface area contributed by atoms with Gasteiger partial charge in [0, 0.05) is 39.3 Å². The standard InChI is InChI=1S/C18H24N8O/c1-6-14(16-19-11-20-25(16)4)21-17(27)13-9-7-8-12(10-13)15-22-18(24(2)3)26(5)23-15/h7-11,14H,6H2,1-5H3,(H,21,27)/t14-/m1/s1. The summed E-state index contributed by atoms with van der Waals surface area (Å²) >= 11 is 0. The van der Waals surface area contributed by atoms with Gasteiger partial charge in [0.15, 0.2) is 5.82 Å². The minimum atomic E-state index is -0.207. The molecular weight excluding hydrogens is 344 g/mol. The maximum atomic E-state index is 12.8. The maximum absolute atomic E-state index is 12.8. The summed E-state index contributed by atoms with van der Waals surface area (Å²) < 4.78 is 3.38. The Morgan fingerprint density at radius 1 is 1.26 bits per heavy atom. The van der Waals surface area contributed by atoms with Crippen LogP contribution in [0.3, 0.4) is 0 Å². The molecule has 27 heavy (non-hydrogen) atoms. The molecule has 9 heteroatoms. The van der Waals surface area contributed by atoms with Gasteiger partial charge >= 0.3 is 0 Å². The normalized spacial score (nSPS) is 12.0. The van der Waals surface area contributed by atoms with Gasteiger partial charge in [-0.1, -0.05) is 19.1 Å². The van der Waals surface area contributed by atoms with E-state index in [0.717, 1.165) is 17.3 Å². The van der Waals surface area contributed by atoms with E-state index in [0.29, 0.717) is 17.8 Å². The first-order valence-corrected chi connectivity index (χ1v) is 8.74. The van der Waals surface area contributed by atoms with Gasteiger partial charge in [-0.15, -0.1) is 5.10 Å². The molecule has 0 saturated carbocycles. The van der Waals surface area contributed by atoms with Gasteiger partial charge in [-0.05, 0) is 18.6 Å². The number of nitrogens with one attached hydrogen (secondary N) is 1. The van der Waals surface area contributed by atoms with Crippen LogP contribution in [0.15, 0.2) is 30.6 Å². The molecule has 142 valence electrons. The molecule has 0 aliphatic heterocycles. The Kier molecular flexibility index (Phi) is 5.20. The van der Waals surface area contributed by atoms with Crippen LogP contribution in [0.2, 0.25) is 0 Å². The second-order valence-electron chi connectivity index (χ2n) is 6.51. The minimum Gasteiger partial charge on any atom is -0.347 e. The van der Waals surface area contributed by atoms with E-state index in [1.807, 2.05) is 52.1 Å². The van der Waals surface area contributed by atoms with Crippen molar-refractivity contribution < 1.29 is 4.79 Å². The fourth-order valence-electron chi connectivity index (χ4n) is 2.90. The van der Waals surface area contributed by atoms with Crippen molar-refractivity contribution >= 4 is 11.9 Å². The van der Waals surface area contributed by atoms with Crippen LogP contribution < -0.4 is 10.2 Å². The van der Waals surface area contributed by atoms with Gasteiger partial charge in [-0.3, -0.25) is 9.48 Å². The van der Waals surface area contributed by atoms with Crippen LogP contribution in [0, 0.1) is 0 Å². The molecule has 3 aromatic rings. The smallest absolute Gasteiger partial charge is 0.251 e. The molecule has 2 heterocycles. The van der Waals surface area contributed by atoms with Crippen molar-refractivity contribution in [2.45, 2.75) is 19.4 Å². The number of anilines is 1. The van der Waals surface area contributed by atoms with Crippen LogP contribution in [0.4, 0.5) is 5.95 Å². The van der Waals surface area contributed by atoms with Gasteiger partial charge < -0.3 is 10.2 Å². The first-order chi connectivity index (χ1) is 12.9. The van der Waals surface area contributed by atoms with Crippen molar-refractivity contribution in [2.24, 2.45) is 14.1 Å². The van der Waals surface area contributed by atoms with Crippen molar-refractivity contribution in [3.8, 4) is 11.4 Å². The van der Waals surface area contributed by atoms with E-state index in [2.05, 4.69) is 25.5 Å². The Hall–Kier alpha value is -3.23. The van der Waals surface area contributed by atoms with Crippen molar-refractivity contribution in [1.29, 1.82) is 0 Å². The molecule has 3 rings (SSSR count). The van der Waals surface area contributed by atoms with E-state index in [4.69, 9.17) is 0 Å². The highest BCUT2D eigenvalue weighted by atomic mass is 16.1. The summed E-state index contributed by atoms with van der Waals surface area (Å²) in [7, 11) is 7.48. The highest BCUT2D eigenvalue weighted by Crippen LogP contribution is 2.20. The lowest BCUT2D eigenvalue weighted by Gasteiger charge is -2.16. The molecule has 1 amide bonds. The number of benzene rings is 1. The van der Waals surface area contributed by atoms with E-state index < -0.39 is 0 Å². The zero-order chi connectivity index (χ0) is 19.6. The number of carbonyl (C=O) groups excluding carboxylic acids is 1. The summed E-state index contributed by atoms with van der Waals surface area (Å²) in [6.07, 6.45) is 2.20. The van der Waals surface area contributed by atoms with Crippen LogP contribution >= 0.6 is 0 Å². The van der Waals surface area contributed by atoms with E-state index in [9.17, 15) is 4.79 Å². The summed E-state index contributed by atoms with van der Waals surface area (Å²) in [6, 6.07) is 7.10. The zero-order valence-electron chi connectivity index (χ0n) is 16.2. The number of amides is 1. The summed E-state index contributed by atoms with van der Waals surface area (Å²) in [5.74, 6) is 1.88. The molecule has 0 bridgehead atoms. The molecule has 0 spiro atoms. The molecule has 1 aromatic carbocycles. The largest absolute Gasteiger partial charge is 0.347 e. The molecule has 2 aromatic heterocycles. The Balaban J connectivity index is 1.83. The first-order valence-electron chi connectivity index (χ1n) is 8.74. The van der Waals surface area contributed by atoms with Crippen molar-refractivity contribution in [3.05, 3.63) is 42.0 Å². The van der Waals surface area contributed by atoms with Crippen molar-refractivity contribution in [3.63, 3.8) is 0 Å². The van der Waals surface area contributed by atoms with Crippen LogP contribution in [-0.2, 0) is 14.1 Å². The molecule has 0 radical (unpaired) electrons. The number of aryl methyl sites for hydroxylation is 2. The topological polar surface area (TPSA) is 93.8 Å². The fraction of sp³-hybridized carbons (Fsp3) is 0.389. The van der Waals surface area contributed by atoms with Crippen LogP contribution in [-0.4, -0.2) is 49.5 Å². The molecule has 1 atom stereocenters. The predicted octanol–water partition coefficient (Wildman–Crippen LogP) is 1.56. The monoisotopic (exact) mass is 368 g/mol. The van der Waals surface area contributed by atoms with E-state index >= 15 is 0 Å². The fourth-order valence-corrected chi connectivity index (χ4v) is 2.90. The molecule has 0 fully saturated rings. The number of aromatic nitrogens is 6. The summed E-state index contributed by atoms with van der Waals surface area (Å²) in [5.41, 5.74) is 1.34. The van der Waals surface area contributed by atoms with Gasteiger partial charge in [0.05, 0.1) is 6.04 Å². The third-order valence-electron chi connectivity index (χ3n) is 4.29. The Morgan fingerprint density at radius 3 is 2.63 bits per heavy atom. The van der Waals surface area contributed by atoms with E-state index in [-0.39, 0.29) is 11.9 Å². The molecule has 0 aliphatic carbocycles. The maximum Gasteiger partial charge on any atom is 0.251 e. The number of carbonyl (C=O) groups is 1. The predicted molar refractivity (Wildman–Crippen MR) is 102 cm³/mol. The second kappa shape index (κ2) is 7.56. The summed E-state index contributed by atoms with van der Waals surface area (Å²) in [5, 5.41) is 11.5. The first kappa shape index (κ1) is 18.6. The van der Waals surface area contributed by atoms with Gasteiger partial charge in [0.25, 0.3) is 5.91 Å². The average Bonchev–Trinajstić information content (AvgIpc) is 3.25. The Labute approximate surface area is 158 Å². The van der Waals surface area contributed by atoms with Crippen LogP contribution in [0.1, 0.15) is 35.6 Å². The number of nitrogens with zero attached hydrogens (tertiary/aromatic N) is 7. The molecule has 0 unspecified atom stereocenters. The van der Waals surface area contributed by atoms with Crippen molar-refractivity contribution in [2.75, 3.05) is 19.0 Å². The van der Waals surface area contributed by atoms with Gasteiger partial charge in [-0.2, -0.15) is 10.1 Å². The van der Waals surface area contributed by atoms with Gasteiger partial charge in [0.2, 0.25) is 5.95 Å². The third-order valence-corrected chi connectivity index (χ3v) is 4.29. The van der Waals surface area contributed by atoms with Crippen molar-refractivity contribution in [1.82, 2.24) is 34.8 Å². The third kappa shape index (κ3) is 3.81. The van der Waals surface area contributed by atoms with Crippen LogP contribution in [0.25, 0.3) is 11.4 Å². The number of hydrogen-bond donors (Lipinski definition) is 1. The molecular formula is C18H24N8O. The SMILES string of the molecule is CC[C@@H](NC(=O)c1cccc(-c2nc(N(C)C)n(C)n2)c1)c1ncnn1C. The highest BCUT2D eigenvalue weighted by Gasteiger charge is 2.19. The second-order valence-corrected chi connectivity index (χ2v) is 6.51. The summed E-state index contributed by atoms with van der Waals surface area (Å²) in [4.78, 5) is 23.4. The highest BCUT2D eigenvalue weighted by molar-refractivity contribution is 5.95. The lowest BCUT2D eigenvalue weighted by Crippen LogP contribution is -2.30. The lowest BCUT2D eigenvalue weighted by atomic mass is 10.1. The molecule has 9 nitrogen and oxygen atoms in total. The van der Waals surface area contributed by atoms with E-state index in [1.54, 1.807) is 21.5 Å².